The Bertz CT molecular complexity index is 2680. The number of hydrogen-bond acceptors (Lipinski definition) is 31. The quantitative estimate of drug-likeness (QED) is 0.0247. The van der Waals surface area contributed by atoms with E-state index in [9.17, 15) is 89.6 Å². The number of aliphatic hydroxyl groups is 15. The summed E-state index contributed by atoms with van der Waals surface area (Å²) in [5, 5.41) is 168. The molecule has 33 heteroatoms. The summed E-state index contributed by atoms with van der Waals surface area (Å²) in [6.07, 6.45) is -41.4. The van der Waals surface area contributed by atoms with Gasteiger partial charge in [0.05, 0.1) is 55.9 Å². The molecular formula is C61H99NaO31S. The standard InChI is InChI=1S/C61H100O31S.Na/c1-23(2)10-9-15-61(8,76)36-12-11-29-28-19-33(31-18-27(92-93(77,78)79)13-16-59(31,6)30(28)14-17-60(29,36)7)85-56-48(75)50(39(66)26(5)83-56)89-57-51(91-54-45(72)42(69)37(64)24(3)82-54)41(68)35(22-81-57)87-58-52(44(71)38(65)25(4)84-58)90-53-47(74)49(32(63)21-80-53)88-55-46(73)43(70)40(67)34(20-62)86-55;/h10,14,24-29,31-58,62-76H,9,11-13,15-22H2,1-8H3,(H,77,78,79);/q;+1/p-1/t24-,25-,26-,27+,28?,29+,31-,32+,33+,34-,35-,36?,37-,38+,39-,40+,41+,42+,43+,44+,45-,46-,47-,48-,49+,50+,51-,52-,53+,54+,55+,56+,57+,58+,59-,60+,61+;/m1./s1. The number of aliphatic hydroxyl groups excluding tert-OH is 14. The summed E-state index contributed by atoms with van der Waals surface area (Å²) < 4.78 is 114. The van der Waals surface area contributed by atoms with E-state index in [1.165, 1.54) is 26.3 Å². The Kier molecular flexibility index (Phi) is 25.3. The van der Waals surface area contributed by atoms with Crippen LogP contribution in [-0.4, -0.2) is 299 Å². The largest absolute Gasteiger partial charge is 1.00 e. The maximum atomic E-state index is 12.5. The van der Waals surface area contributed by atoms with E-state index in [1.54, 1.807) is 0 Å². The minimum atomic E-state index is -5.13. The number of ether oxygens (including phenoxy) is 12. The Morgan fingerprint density at radius 1 is 0.606 bits per heavy atom. The topological polar surface area (TPSA) is 481 Å². The minimum Gasteiger partial charge on any atom is -0.726 e. The molecule has 0 amide bonds. The van der Waals surface area contributed by atoms with Crippen molar-refractivity contribution in [2.45, 2.75) is 303 Å². The van der Waals surface area contributed by atoms with Gasteiger partial charge in [-0.25, -0.2) is 8.42 Å². The first-order valence-electron chi connectivity index (χ1n) is 32.5. The zero-order valence-electron chi connectivity index (χ0n) is 54.4. The molecule has 37 atom stereocenters. The van der Waals surface area contributed by atoms with Crippen molar-refractivity contribution < 1.29 is 180 Å². The first-order valence-corrected chi connectivity index (χ1v) is 33.9. The molecule has 0 aromatic carbocycles. The zero-order valence-corrected chi connectivity index (χ0v) is 57.2. The van der Waals surface area contributed by atoms with E-state index < -0.39 is 231 Å². The fraction of sp³-hybridized carbons (Fsp3) is 0.934. The van der Waals surface area contributed by atoms with Crippen LogP contribution in [0, 0.1) is 34.5 Å². The summed E-state index contributed by atoms with van der Waals surface area (Å²) in [5.74, 6) is -0.591. The summed E-state index contributed by atoms with van der Waals surface area (Å²) in [4.78, 5) is 0. The molecule has 6 heterocycles. The first-order chi connectivity index (χ1) is 43.6. The van der Waals surface area contributed by atoms with Gasteiger partial charge in [0.2, 0.25) is 10.4 Å². The molecule has 3 saturated carbocycles. The van der Waals surface area contributed by atoms with Gasteiger partial charge in [-0.2, -0.15) is 0 Å². The maximum Gasteiger partial charge on any atom is 1.00 e. The molecule has 536 valence electrons. The van der Waals surface area contributed by atoms with Crippen LogP contribution in [0.15, 0.2) is 23.3 Å². The molecule has 9 fully saturated rings. The predicted octanol–water partition coefficient (Wildman–Crippen LogP) is -6.81. The van der Waals surface area contributed by atoms with Gasteiger partial charge in [0, 0.05) is 0 Å². The number of fused-ring (bicyclic) bond motifs is 5. The fourth-order valence-corrected chi connectivity index (χ4v) is 17.3. The molecule has 0 aromatic rings. The smallest absolute Gasteiger partial charge is 0.726 e. The van der Waals surface area contributed by atoms with Crippen molar-refractivity contribution in [1.82, 2.24) is 0 Å². The van der Waals surface area contributed by atoms with Crippen molar-refractivity contribution in [3.8, 4) is 0 Å². The monoisotopic (exact) mass is 1380 g/mol. The van der Waals surface area contributed by atoms with E-state index in [0.717, 1.165) is 18.4 Å². The fourth-order valence-electron chi connectivity index (χ4n) is 16.8. The van der Waals surface area contributed by atoms with Crippen LogP contribution in [0.1, 0.15) is 113 Å². The summed E-state index contributed by atoms with van der Waals surface area (Å²) in [5.41, 5.74) is 0.381. The Labute approximate surface area is 568 Å². The van der Waals surface area contributed by atoms with Gasteiger partial charge in [-0.3, -0.25) is 4.18 Å². The van der Waals surface area contributed by atoms with Gasteiger partial charge in [0.15, 0.2) is 37.7 Å². The van der Waals surface area contributed by atoms with Crippen LogP contribution in [-0.2, 0) is 71.4 Å². The predicted molar refractivity (Wildman–Crippen MR) is 310 cm³/mol. The molecule has 94 heavy (non-hydrogen) atoms. The molecule has 2 unspecified atom stereocenters. The molecule has 10 rings (SSSR count). The Hall–Kier alpha value is -0.730. The third-order valence-electron chi connectivity index (χ3n) is 22.0. The first kappa shape index (κ1) is 77.4. The van der Waals surface area contributed by atoms with Crippen molar-refractivity contribution >= 4 is 10.4 Å². The molecule has 0 spiro atoms. The Balaban J connectivity index is 0.0000104. The van der Waals surface area contributed by atoms with Crippen molar-refractivity contribution in [3.63, 3.8) is 0 Å². The molecule has 6 saturated heterocycles. The van der Waals surface area contributed by atoms with Gasteiger partial charge < -0.3 is 138 Å². The van der Waals surface area contributed by atoms with Gasteiger partial charge in [-0.05, 0) is 134 Å². The number of rotatable bonds is 19. The van der Waals surface area contributed by atoms with E-state index in [1.807, 2.05) is 20.8 Å². The third-order valence-corrected chi connectivity index (χ3v) is 22.5. The SMILES string of the molecule is CC(C)=CCC[C@](C)(O)C1CC[C@H]2C3C[C@H](O[C@@H]4O[C@H](C)[C@@H](O)[C@H](O[C@@H]5OC[C@@H](O[C@@H]6O[C@H](C)[C@H](O)[C@H](O)[C@H]6O[C@@H]6OC[C@H](O)[C@H](O[C@@H]7O[C@H](CO)[C@H](O)[C@H](O)[C@H]7O)[C@H]6O)[C@H](O)[C@H]5O[C@@H]5O[C@H](C)[C@@H](O)[C@H](O)[C@H]5O)[C@H]4O)[C@H]4C[C@@H](OS(=O)(=O)[O-])CC[C@]4(C)C3=CC[C@]12C.[Na+]. The van der Waals surface area contributed by atoms with Crippen LogP contribution >= 0.6 is 0 Å². The summed E-state index contributed by atoms with van der Waals surface area (Å²) in [7, 11) is -5.13. The molecule has 4 aliphatic carbocycles. The Morgan fingerprint density at radius 3 is 1.80 bits per heavy atom. The van der Waals surface area contributed by atoms with Gasteiger partial charge in [0.1, 0.15) is 116 Å². The second kappa shape index (κ2) is 30.7. The Morgan fingerprint density at radius 2 is 1.15 bits per heavy atom. The van der Waals surface area contributed by atoms with E-state index in [-0.39, 0.29) is 65.6 Å². The summed E-state index contributed by atoms with van der Waals surface area (Å²) >= 11 is 0. The zero-order chi connectivity index (χ0) is 67.9. The molecule has 31 nitrogen and oxygen atoms in total. The summed E-state index contributed by atoms with van der Waals surface area (Å²) in [6.45, 7) is 12.4. The van der Waals surface area contributed by atoms with Crippen LogP contribution < -0.4 is 29.6 Å². The van der Waals surface area contributed by atoms with Crippen molar-refractivity contribution in [1.29, 1.82) is 0 Å². The molecule has 10 aliphatic rings. The van der Waals surface area contributed by atoms with Gasteiger partial charge in [-0.1, -0.05) is 37.1 Å². The number of hydrogen-bond donors (Lipinski definition) is 15. The van der Waals surface area contributed by atoms with Crippen LogP contribution in [0.3, 0.4) is 0 Å². The van der Waals surface area contributed by atoms with E-state index in [0.29, 0.717) is 32.1 Å². The van der Waals surface area contributed by atoms with Gasteiger partial charge in [0.25, 0.3) is 0 Å². The summed E-state index contributed by atoms with van der Waals surface area (Å²) in [6, 6.07) is 0. The molecule has 0 aromatic heterocycles. The van der Waals surface area contributed by atoms with Gasteiger partial charge >= 0.3 is 29.6 Å². The van der Waals surface area contributed by atoms with E-state index >= 15 is 0 Å². The molecule has 6 aliphatic heterocycles. The molecular weight excluding hydrogens is 1280 g/mol. The average molecular weight is 1380 g/mol. The third kappa shape index (κ3) is 15.6. The van der Waals surface area contributed by atoms with Gasteiger partial charge in [-0.15, -0.1) is 0 Å². The molecule has 0 radical (unpaired) electrons. The average Bonchev–Trinajstić information content (AvgIpc) is 1.34. The van der Waals surface area contributed by atoms with Crippen molar-refractivity contribution in [2.75, 3.05) is 19.8 Å². The molecule has 15 N–H and O–H groups in total. The van der Waals surface area contributed by atoms with Crippen LogP contribution in [0.25, 0.3) is 0 Å². The van der Waals surface area contributed by atoms with Crippen LogP contribution in [0.5, 0.6) is 0 Å². The van der Waals surface area contributed by atoms with Crippen LogP contribution in [0.2, 0.25) is 0 Å². The van der Waals surface area contributed by atoms with Crippen molar-refractivity contribution in [2.24, 2.45) is 34.5 Å². The van der Waals surface area contributed by atoms with E-state index in [2.05, 4.69) is 26.0 Å². The van der Waals surface area contributed by atoms with E-state index in [4.69, 9.17) is 61.0 Å². The minimum absolute atomic E-state index is 0. The van der Waals surface area contributed by atoms with Crippen molar-refractivity contribution in [3.05, 3.63) is 23.3 Å². The molecule has 0 bridgehead atoms. The van der Waals surface area contributed by atoms with Crippen LogP contribution in [0.4, 0.5) is 0 Å². The second-order valence-electron chi connectivity index (χ2n) is 28.5. The number of allylic oxidation sites excluding steroid dienone is 4. The normalized spacial score (nSPS) is 51.4. The maximum absolute atomic E-state index is 12.5. The second-order valence-corrected chi connectivity index (χ2v) is 29.5.